The SMILES string of the molecule is CCOc1cc(CC)c(F)cn1. The van der Waals surface area contributed by atoms with E-state index in [9.17, 15) is 4.39 Å². The van der Waals surface area contributed by atoms with E-state index in [1.165, 1.54) is 6.20 Å². The van der Waals surface area contributed by atoms with Gasteiger partial charge in [-0.15, -0.1) is 0 Å². The van der Waals surface area contributed by atoms with Crippen LogP contribution in [0.3, 0.4) is 0 Å². The van der Waals surface area contributed by atoms with Crippen LogP contribution in [0, 0.1) is 5.82 Å². The summed E-state index contributed by atoms with van der Waals surface area (Å²) in [4.78, 5) is 3.78. The summed E-state index contributed by atoms with van der Waals surface area (Å²) in [6.07, 6.45) is 1.86. The highest BCUT2D eigenvalue weighted by Gasteiger charge is 2.02. The van der Waals surface area contributed by atoms with Gasteiger partial charge in [-0.2, -0.15) is 0 Å². The minimum Gasteiger partial charge on any atom is -0.478 e. The highest BCUT2D eigenvalue weighted by Crippen LogP contribution is 2.13. The van der Waals surface area contributed by atoms with Crippen LogP contribution in [0.25, 0.3) is 0 Å². The summed E-state index contributed by atoms with van der Waals surface area (Å²) in [6, 6.07) is 1.64. The molecule has 1 heterocycles. The van der Waals surface area contributed by atoms with Gasteiger partial charge in [0.05, 0.1) is 12.8 Å². The van der Waals surface area contributed by atoms with Gasteiger partial charge in [-0.3, -0.25) is 0 Å². The molecule has 0 aliphatic carbocycles. The Morgan fingerprint density at radius 2 is 2.25 bits per heavy atom. The van der Waals surface area contributed by atoms with Gasteiger partial charge in [-0.05, 0) is 18.9 Å². The molecule has 3 heteroatoms. The third-order valence-electron chi connectivity index (χ3n) is 1.58. The maximum atomic E-state index is 12.9. The van der Waals surface area contributed by atoms with Crippen LogP contribution in [0.2, 0.25) is 0 Å². The molecule has 66 valence electrons. The fourth-order valence-electron chi connectivity index (χ4n) is 0.956. The molecule has 1 rings (SSSR count). The van der Waals surface area contributed by atoms with Crippen molar-refractivity contribution in [1.29, 1.82) is 0 Å². The predicted octanol–water partition coefficient (Wildman–Crippen LogP) is 2.18. The maximum Gasteiger partial charge on any atom is 0.213 e. The molecule has 0 radical (unpaired) electrons. The summed E-state index contributed by atoms with van der Waals surface area (Å²) in [5.74, 6) is 0.233. The quantitative estimate of drug-likeness (QED) is 0.691. The van der Waals surface area contributed by atoms with E-state index >= 15 is 0 Å². The lowest BCUT2D eigenvalue weighted by Gasteiger charge is -2.03. The maximum absolute atomic E-state index is 12.9. The van der Waals surface area contributed by atoms with Crippen molar-refractivity contribution in [1.82, 2.24) is 4.98 Å². The second-order valence-electron chi connectivity index (χ2n) is 2.40. The Kier molecular flexibility index (Phi) is 3.02. The number of ether oxygens (including phenoxy) is 1. The summed E-state index contributed by atoms with van der Waals surface area (Å²) < 4.78 is 18.0. The largest absolute Gasteiger partial charge is 0.478 e. The molecule has 2 nitrogen and oxygen atoms in total. The first-order valence-corrected chi connectivity index (χ1v) is 4.05. The lowest BCUT2D eigenvalue weighted by Crippen LogP contribution is -1.97. The lowest BCUT2D eigenvalue weighted by atomic mass is 10.2. The zero-order chi connectivity index (χ0) is 8.97. The van der Waals surface area contributed by atoms with E-state index < -0.39 is 0 Å². The molecule has 0 N–H and O–H groups in total. The van der Waals surface area contributed by atoms with E-state index in [0.29, 0.717) is 24.5 Å². The molecule has 0 bridgehead atoms. The van der Waals surface area contributed by atoms with Crippen LogP contribution in [0.4, 0.5) is 4.39 Å². The normalized spacial score (nSPS) is 9.92. The molecule has 0 aliphatic heterocycles. The van der Waals surface area contributed by atoms with Gasteiger partial charge in [0.15, 0.2) is 0 Å². The zero-order valence-electron chi connectivity index (χ0n) is 7.30. The average molecular weight is 169 g/mol. The van der Waals surface area contributed by atoms with Gasteiger partial charge in [0.2, 0.25) is 5.88 Å². The third-order valence-corrected chi connectivity index (χ3v) is 1.58. The number of nitrogens with zero attached hydrogens (tertiary/aromatic N) is 1. The van der Waals surface area contributed by atoms with Crippen molar-refractivity contribution >= 4 is 0 Å². The minimum absolute atomic E-state index is 0.263. The Balaban J connectivity index is 2.89. The summed E-state index contributed by atoms with van der Waals surface area (Å²) in [5, 5.41) is 0. The topological polar surface area (TPSA) is 22.1 Å². The molecule has 12 heavy (non-hydrogen) atoms. The van der Waals surface area contributed by atoms with E-state index in [-0.39, 0.29) is 5.82 Å². The van der Waals surface area contributed by atoms with E-state index in [4.69, 9.17) is 4.74 Å². The fraction of sp³-hybridized carbons (Fsp3) is 0.444. The summed E-state index contributed by atoms with van der Waals surface area (Å²) >= 11 is 0. The van der Waals surface area contributed by atoms with Crippen LogP contribution >= 0.6 is 0 Å². The second-order valence-corrected chi connectivity index (χ2v) is 2.40. The summed E-state index contributed by atoms with van der Waals surface area (Å²) in [5.41, 5.74) is 0.647. The molecule has 0 aromatic carbocycles. The van der Waals surface area contributed by atoms with Crippen molar-refractivity contribution in [3.8, 4) is 5.88 Å². The van der Waals surface area contributed by atoms with Gasteiger partial charge in [0.1, 0.15) is 5.82 Å². The van der Waals surface area contributed by atoms with Gasteiger partial charge in [-0.1, -0.05) is 6.92 Å². The molecule has 0 aliphatic rings. The first-order chi connectivity index (χ1) is 5.77. The van der Waals surface area contributed by atoms with E-state index in [1.54, 1.807) is 6.07 Å². The fourth-order valence-corrected chi connectivity index (χ4v) is 0.956. The molecular formula is C9H12FNO. The zero-order valence-corrected chi connectivity index (χ0v) is 7.30. The highest BCUT2D eigenvalue weighted by molar-refractivity contribution is 5.21. The van der Waals surface area contributed by atoms with Crippen LogP contribution < -0.4 is 4.74 Å². The highest BCUT2D eigenvalue weighted by atomic mass is 19.1. The van der Waals surface area contributed by atoms with Crippen LogP contribution in [0.5, 0.6) is 5.88 Å². The number of rotatable bonds is 3. The van der Waals surface area contributed by atoms with Crippen LogP contribution in [-0.4, -0.2) is 11.6 Å². The molecule has 1 aromatic rings. The van der Waals surface area contributed by atoms with Gasteiger partial charge in [0, 0.05) is 6.07 Å². The molecule has 0 atom stereocenters. The summed E-state index contributed by atoms with van der Waals surface area (Å²) in [7, 11) is 0. The number of aromatic nitrogens is 1. The van der Waals surface area contributed by atoms with Gasteiger partial charge in [0.25, 0.3) is 0 Å². The van der Waals surface area contributed by atoms with E-state index in [0.717, 1.165) is 0 Å². The van der Waals surface area contributed by atoms with Crippen LogP contribution in [-0.2, 0) is 6.42 Å². The summed E-state index contributed by atoms with van der Waals surface area (Å²) in [6.45, 7) is 4.33. The number of hydrogen-bond acceptors (Lipinski definition) is 2. The van der Waals surface area contributed by atoms with E-state index in [1.807, 2.05) is 13.8 Å². The first kappa shape index (κ1) is 8.97. The van der Waals surface area contributed by atoms with Crippen LogP contribution in [0.15, 0.2) is 12.3 Å². The Bertz CT molecular complexity index is 263. The van der Waals surface area contributed by atoms with Crippen molar-refractivity contribution in [2.24, 2.45) is 0 Å². The molecule has 0 saturated heterocycles. The Labute approximate surface area is 71.4 Å². The van der Waals surface area contributed by atoms with E-state index in [2.05, 4.69) is 4.98 Å². The number of aryl methyl sites for hydroxylation is 1. The Hall–Kier alpha value is -1.12. The molecule has 0 amide bonds. The van der Waals surface area contributed by atoms with Crippen molar-refractivity contribution < 1.29 is 9.13 Å². The second kappa shape index (κ2) is 4.04. The van der Waals surface area contributed by atoms with Crippen LogP contribution in [0.1, 0.15) is 19.4 Å². The Morgan fingerprint density at radius 3 is 2.83 bits per heavy atom. The lowest BCUT2D eigenvalue weighted by molar-refractivity contribution is 0.325. The van der Waals surface area contributed by atoms with Crippen molar-refractivity contribution in [2.45, 2.75) is 20.3 Å². The minimum atomic E-state index is -0.263. The smallest absolute Gasteiger partial charge is 0.213 e. The number of pyridine rings is 1. The molecule has 0 saturated carbocycles. The molecule has 1 aromatic heterocycles. The average Bonchev–Trinajstić information content (AvgIpc) is 2.09. The third kappa shape index (κ3) is 1.94. The Morgan fingerprint density at radius 1 is 1.50 bits per heavy atom. The monoisotopic (exact) mass is 169 g/mol. The first-order valence-electron chi connectivity index (χ1n) is 4.05. The van der Waals surface area contributed by atoms with Crippen molar-refractivity contribution in [3.05, 3.63) is 23.6 Å². The standard InChI is InChI=1S/C9H12FNO/c1-3-7-5-9(12-4-2)11-6-8(7)10/h5-6H,3-4H2,1-2H3. The molecule has 0 unspecified atom stereocenters. The van der Waals surface area contributed by atoms with Gasteiger partial charge in [-0.25, -0.2) is 9.37 Å². The van der Waals surface area contributed by atoms with Crippen molar-refractivity contribution in [2.75, 3.05) is 6.61 Å². The predicted molar refractivity (Wildman–Crippen MR) is 44.7 cm³/mol. The van der Waals surface area contributed by atoms with Gasteiger partial charge >= 0.3 is 0 Å². The molecule has 0 fully saturated rings. The molecule has 0 spiro atoms. The van der Waals surface area contributed by atoms with Gasteiger partial charge < -0.3 is 4.74 Å². The van der Waals surface area contributed by atoms with Crippen molar-refractivity contribution in [3.63, 3.8) is 0 Å². The molecular weight excluding hydrogens is 157 g/mol. The number of hydrogen-bond donors (Lipinski definition) is 0. The number of halogens is 1.